The second-order valence-electron chi connectivity index (χ2n) is 3.36. The molecular formula is C10H9ClN2O3. The Morgan fingerprint density at radius 3 is 3.06 bits per heavy atom. The smallest absolute Gasteiger partial charge is 0.375 e. The number of hydrogen-bond acceptors (Lipinski definition) is 5. The molecule has 84 valence electrons. The van der Waals surface area contributed by atoms with Gasteiger partial charge < -0.3 is 10.1 Å². The lowest BCUT2D eigenvalue weighted by atomic mass is 9.98. The first-order chi connectivity index (χ1) is 7.65. The predicted octanol–water partition coefficient (Wildman–Crippen LogP) is 0.986. The molecule has 1 aromatic rings. The number of aromatic nitrogens is 1. The van der Waals surface area contributed by atoms with Crippen LogP contribution in [0.3, 0.4) is 0 Å². The Kier molecular flexibility index (Phi) is 2.78. The molecule has 0 amide bonds. The highest BCUT2D eigenvalue weighted by Gasteiger charge is 2.34. The van der Waals surface area contributed by atoms with Gasteiger partial charge in [0.25, 0.3) is 0 Å². The van der Waals surface area contributed by atoms with Crippen LogP contribution in [-0.4, -0.2) is 30.4 Å². The third kappa shape index (κ3) is 1.63. The monoisotopic (exact) mass is 240 g/mol. The molecule has 2 heterocycles. The summed E-state index contributed by atoms with van der Waals surface area (Å²) in [6.07, 6.45) is 1.51. The van der Waals surface area contributed by atoms with Crippen molar-refractivity contribution in [2.24, 2.45) is 0 Å². The number of carbonyl (C=O) groups excluding carboxylic acids is 2. The second kappa shape index (κ2) is 4.09. The van der Waals surface area contributed by atoms with Crippen LogP contribution >= 0.6 is 11.6 Å². The number of ketones is 1. The summed E-state index contributed by atoms with van der Waals surface area (Å²) < 4.78 is 4.40. The van der Waals surface area contributed by atoms with E-state index in [1.165, 1.54) is 13.3 Å². The van der Waals surface area contributed by atoms with Crippen molar-refractivity contribution in [2.45, 2.75) is 5.92 Å². The first-order valence-electron chi connectivity index (χ1n) is 4.65. The molecule has 1 aromatic heterocycles. The van der Waals surface area contributed by atoms with Crippen molar-refractivity contribution in [2.75, 3.05) is 19.0 Å². The van der Waals surface area contributed by atoms with E-state index in [1.807, 2.05) is 0 Å². The van der Waals surface area contributed by atoms with Gasteiger partial charge in [0.15, 0.2) is 5.15 Å². The van der Waals surface area contributed by atoms with Crippen LogP contribution in [0, 0.1) is 0 Å². The molecule has 0 bridgehead atoms. The van der Waals surface area contributed by atoms with E-state index in [0.29, 0.717) is 22.9 Å². The maximum atomic E-state index is 11.7. The predicted molar refractivity (Wildman–Crippen MR) is 57.5 cm³/mol. The van der Waals surface area contributed by atoms with Gasteiger partial charge in [-0.05, 0) is 11.6 Å². The van der Waals surface area contributed by atoms with Gasteiger partial charge in [-0.2, -0.15) is 0 Å². The number of pyridine rings is 1. The number of carbonyl (C=O) groups is 2. The van der Waals surface area contributed by atoms with Crippen LogP contribution in [0.5, 0.6) is 0 Å². The molecule has 1 aliphatic heterocycles. The number of nitrogens with one attached hydrogen (secondary N) is 1. The zero-order valence-electron chi connectivity index (χ0n) is 8.49. The van der Waals surface area contributed by atoms with Crippen LogP contribution < -0.4 is 5.32 Å². The van der Waals surface area contributed by atoms with E-state index in [9.17, 15) is 9.59 Å². The molecule has 6 heteroatoms. The van der Waals surface area contributed by atoms with Gasteiger partial charge in [0.1, 0.15) is 0 Å². The summed E-state index contributed by atoms with van der Waals surface area (Å²) in [6, 6.07) is 1.67. The number of hydrogen-bond donors (Lipinski definition) is 1. The van der Waals surface area contributed by atoms with Gasteiger partial charge in [-0.1, -0.05) is 11.6 Å². The molecule has 0 spiro atoms. The number of ether oxygens (including phenoxy) is 1. The largest absolute Gasteiger partial charge is 0.463 e. The number of methoxy groups -OCH3 is 1. The lowest BCUT2D eigenvalue weighted by molar-refractivity contribution is -0.152. The number of Topliss-reactive ketones (excluding diaryl/α,β-unsaturated/α-hetero) is 1. The number of anilines is 1. The Bertz CT molecular complexity index is 461. The number of esters is 1. The van der Waals surface area contributed by atoms with Gasteiger partial charge in [0, 0.05) is 12.7 Å². The Morgan fingerprint density at radius 2 is 2.38 bits per heavy atom. The maximum Gasteiger partial charge on any atom is 0.375 e. The molecule has 0 radical (unpaired) electrons. The summed E-state index contributed by atoms with van der Waals surface area (Å²) in [5, 5.41) is 3.26. The van der Waals surface area contributed by atoms with Gasteiger partial charge in [-0.15, -0.1) is 0 Å². The molecule has 0 saturated carbocycles. The molecule has 0 saturated heterocycles. The molecule has 5 nitrogen and oxygen atoms in total. The van der Waals surface area contributed by atoms with Crippen LogP contribution in [0.1, 0.15) is 11.5 Å². The summed E-state index contributed by atoms with van der Waals surface area (Å²) in [7, 11) is 1.18. The van der Waals surface area contributed by atoms with E-state index in [2.05, 4.69) is 15.0 Å². The van der Waals surface area contributed by atoms with Crippen LogP contribution in [0.4, 0.5) is 5.69 Å². The first-order valence-corrected chi connectivity index (χ1v) is 5.03. The summed E-state index contributed by atoms with van der Waals surface area (Å²) >= 11 is 5.85. The van der Waals surface area contributed by atoms with E-state index in [4.69, 9.17) is 11.6 Å². The van der Waals surface area contributed by atoms with Gasteiger partial charge in [0.2, 0.25) is 5.78 Å². The summed E-state index contributed by atoms with van der Waals surface area (Å²) in [6.45, 7) is 0.342. The molecule has 0 aromatic carbocycles. The highest BCUT2D eigenvalue weighted by Crippen LogP contribution is 2.35. The fourth-order valence-corrected chi connectivity index (χ4v) is 1.94. The van der Waals surface area contributed by atoms with Crippen LogP contribution in [0.2, 0.25) is 5.15 Å². The van der Waals surface area contributed by atoms with E-state index in [-0.39, 0.29) is 0 Å². The molecule has 1 N–H and O–H groups in total. The van der Waals surface area contributed by atoms with Crippen molar-refractivity contribution in [3.05, 3.63) is 23.0 Å². The third-order valence-corrected chi connectivity index (χ3v) is 2.78. The second-order valence-corrected chi connectivity index (χ2v) is 3.71. The van der Waals surface area contributed by atoms with Gasteiger partial charge in [-0.3, -0.25) is 4.79 Å². The minimum absolute atomic E-state index is 0.303. The average molecular weight is 241 g/mol. The lowest BCUT2D eigenvalue weighted by Crippen LogP contribution is -2.24. The molecule has 1 aliphatic rings. The molecule has 2 rings (SSSR count). The van der Waals surface area contributed by atoms with Gasteiger partial charge >= 0.3 is 5.97 Å². The molecular weight excluding hydrogens is 232 g/mol. The van der Waals surface area contributed by atoms with E-state index in [0.717, 1.165) is 0 Å². The average Bonchev–Trinajstić information content (AvgIpc) is 2.72. The zero-order chi connectivity index (χ0) is 11.7. The minimum Gasteiger partial charge on any atom is -0.463 e. The minimum atomic E-state index is -0.840. The maximum absolute atomic E-state index is 11.7. The standard InChI is InChI=1S/C10H9ClN2O3/c1-16-10(15)8(14)6-4-13-7-5(6)2-3-12-9(7)11/h2-3,6,13H,4H2,1H3. The van der Waals surface area contributed by atoms with Crippen LogP contribution in [0.15, 0.2) is 12.3 Å². The van der Waals surface area contributed by atoms with Crippen LogP contribution in [-0.2, 0) is 14.3 Å². The quantitative estimate of drug-likeness (QED) is 0.474. The Hall–Kier alpha value is -1.62. The first kappa shape index (κ1) is 10.9. The lowest BCUT2D eigenvalue weighted by Gasteiger charge is -2.06. The van der Waals surface area contributed by atoms with E-state index in [1.54, 1.807) is 6.07 Å². The van der Waals surface area contributed by atoms with Crippen LogP contribution in [0.25, 0.3) is 0 Å². The number of nitrogens with zero attached hydrogens (tertiary/aromatic N) is 1. The highest BCUT2D eigenvalue weighted by atomic mass is 35.5. The summed E-state index contributed by atoms with van der Waals surface area (Å²) in [5.74, 6) is -1.95. The fourth-order valence-electron chi connectivity index (χ4n) is 1.71. The fraction of sp³-hybridized carbons (Fsp3) is 0.300. The van der Waals surface area contributed by atoms with Gasteiger partial charge in [-0.25, -0.2) is 9.78 Å². The topological polar surface area (TPSA) is 68.3 Å². The van der Waals surface area contributed by atoms with E-state index < -0.39 is 17.7 Å². The normalized spacial score (nSPS) is 17.5. The Morgan fingerprint density at radius 1 is 1.62 bits per heavy atom. The van der Waals surface area contributed by atoms with Crippen molar-refractivity contribution in [3.63, 3.8) is 0 Å². The number of rotatable bonds is 2. The molecule has 16 heavy (non-hydrogen) atoms. The van der Waals surface area contributed by atoms with Gasteiger partial charge in [0.05, 0.1) is 18.7 Å². The SMILES string of the molecule is COC(=O)C(=O)C1CNc2c1ccnc2Cl. The van der Waals surface area contributed by atoms with Crippen molar-refractivity contribution in [1.82, 2.24) is 4.98 Å². The number of fused-ring (bicyclic) bond motifs is 1. The molecule has 1 unspecified atom stereocenters. The molecule has 0 aliphatic carbocycles. The van der Waals surface area contributed by atoms with Crippen molar-refractivity contribution in [3.8, 4) is 0 Å². The van der Waals surface area contributed by atoms with Crippen molar-refractivity contribution >= 4 is 29.0 Å². The highest BCUT2D eigenvalue weighted by molar-refractivity contribution is 6.37. The van der Waals surface area contributed by atoms with Crippen molar-refractivity contribution < 1.29 is 14.3 Å². The van der Waals surface area contributed by atoms with E-state index >= 15 is 0 Å². The summed E-state index contributed by atoms with van der Waals surface area (Å²) in [5.41, 5.74) is 1.31. The summed E-state index contributed by atoms with van der Waals surface area (Å²) in [4.78, 5) is 26.7. The number of halogens is 1. The Labute approximate surface area is 96.8 Å². The Balaban J connectivity index is 2.34. The zero-order valence-corrected chi connectivity index (χ0v) is 9.25. The molecule has 0 fully saturated rings. The van der Waals surface area contributed by atoms with Crippen molar-refractivity contribution in [1.29, 1.82) is 0 Å². The molecule has 1 atom stereocenters. The third-order valence-electron chi connectivity index (χ3n) is 2.50.